The van der Waals surface area contributed by atoms with Gasteiger partial charge >= 0.3 is 72.4 Å². The van der Waals surface area contributed by atoms with Crippen molar-refractivity contribution in [2.45, 2.75) is 52.9 Å². The zero-order valence-corrected chi connectivity index (χ0v) is 10.1. The standard InChI is InChI=1S/C10H25P/c1-7-11(8-2,9(3)4)10(5)6/h9-11H,7-8H2,1-6H3. The van der Waals surface area contributed by atoms with Crippen molar-refractivity contribution in [1.29, 1.82) is 0 Å². The molecule has 0 radical (unpaired) electrons. The van der Waals surface area contributed by atoms with Crippen LogP contribution in [0.2, 0.25) is 0 Å². The summed E-state index contributed by atoms with van der Waals surface area (Å²) in [5.74, 6) is 0. The molecule has 70 valence electrons. The van der Waals surface area contributed by atoms with Crippen LogP contribution in [-0.4, -0.2) is 23.6 Å². The Labute approximate surface area is 73.1 Å². The summed E-state index contributed by atoms with van der Waals surface area (Å²) in [4.78, 5) is 0. The Kier molecular flexibility index (Phi) is 4.63. The summed E-state index contributed by atoms with van der Waals surface area (Å²) in [6.45, 7) is 14.4. The molecule has 0 unspecified atom stereocenters. The first kappa shape index (κ1) is 11.4. The van der Waals surface area contributed by atoms with E-state index < -0.39 is 7.26 Å². The fraction of sp³-hybridized carbons (Fsp3) is 1.00. The maximum absolute atomic E-state index is 2.42. The third-order valence-electron chi connectivity index (χ3n) is 3.62. The molecule has 0 aliphatic heterocycles. The topological polar surface area (TPSA) is 0 Å². The van der Waals surface area contributed by atoms with E-state index >= 15 is 0 Å². The second kappa shape index (κ2) is 4.45. The molecule has 0 saturated carbocycles. The van der Waals surface area contributed by atoms with Crippen molar-refractivity contribution in [2.24, 2.45) is 0 Å². The van der Waals surface area contributed by atoms with Crippen LogP contribution in [0.5, 0.6) is 0 Å². The van der Waals surface area contributed by atoms with Gasteiger partial charge in [0.05, 0.1) is 0 Å². The molecule has 0 bridgehead atoms. The van der Waals surface area contributed by atoms with E-state index in [0.29, 0.717) is 0 Å². The second-order valence-corrected chi connectivity index (χ2v) is 10.4. The zero-order chi connectivity index (χ0) is 9.07. The molecule has 1 heteroatoms. The van der Waals surface area contributed by atoms with Crippen LogP contribution in [0.4, 0.5) is 0 Å². The molecule has 0 heterocycles. The summed E-state index contributed by atoms with van der Waals surface area (Å²) in [5, 5.41) is 0. The number of rotatable bonds is 4. The molecular formula is C10H25P. The molecule has 0 saturated heterocycles. The molecule has 0 N–H and O–H groups in total. The van der Waals surface area contributed by atoms with Crippen molar-refractivity contribution in [3.8, 4) is 0 Å². The minimum atomic E-state index is -0.898. The van der Waals surface area contributed by atoms with Gasteiger partial charge in [-0.15, -0.1) is 0 Å². The van der Waals surface area contributed by atoms with E-state index in [2.05, 4.69) is 41.5 Å². The van der Waals surface area contributed by atoms with Gasteiger partial charge in [-0.05, 0) is 0 Å². The van der Waals surface area contributed by atoms with Crippen LogP contribution in [0.25, 0.3) is 0 Å². The molecule has 0 aliphatic carbocycles. The Morgan fingerprint density at radius 2 is 1.09 bits per heavy atom. The van der Waals surface area contributed by atoms with Crippen molar-refractivity contribution < 1.29 is 0 Å². The molecule has 0 aromatic heterocycles. The van der Waals surface area contributed by atoms with Gasteiger partial charge in [-0.25, -0.2) is 0 Å². The maximum atomic E-state index is 2.42. The van der Waals surface area contributed by atoms with Crippen molar-refractivity contribution in [2.75, 3.05) is 12.3 Å². The Bertz CT molecular complexity index is 91.4. The molecule has 0 spiro atoms. The van der Waals surface area contributed by atoms with Gasteiger partial charge in [0.25, 0.3) is 0 Å². The van der Waals surface area contributed by atoms with Gasteiger partial charge in [0.1, 0.15) is 0 Å². The van der Waals surface area contributed by atoms with E-state index in [4.69, 9.17) is 0 Å². The van der Waals surface area contributed by atoms with E-state index in [1.807, 2.05) is 0 Å². The average Bonchev–Trinajstić information content (AvgIpc) is 1.90. The molecule has 11 heavy (non-hydrogen) atoms. The molecule has 0 amide bonds. The van der Waals surface area contributed by atoms with Gasteiger partial charge in [0, 0.05) is 0 Å². The normalized spacial score (nSPS) is 14.5. The van der Waals surface area contributed by atoms with E-state index in [1.165, 1.54) is 12.3 Å². The Morgan fingerprint density at radius 1 is 0.818 bits per heavy atom. The summed E-state index contributed by atoms with van der Waals surface area (Å²) in [6.07, 6.45) is 2.91. The summed E-state index contributed by atoms with van der Waals surface area (Å²) < 4.78 is 0. The first-order valence-electron chi connectivity index (χ1n) is 5.01. The molecule has 0 atom stereocenters. The van der Waals surface area contributed by atoms with Crippen LogP contribution in [0.1, 0.15) is 41.5 Å². The monoisotopic (exact) mass is 176 g/mol. The number of hydrogen-bond donors (Lipinski definition) is 0. The summed E-state index contributed by atoms with van der Waals surface area (Å²) in [7, 11) is -0.898. The second-order valence-electron chi connectivity index (χ2n) is 4.25. The van der Waals surface area contributed by atoms with Crippen molar-refractivity contribution in [1.82, 2.24) is 0 Å². The minimum absolute atomic E-state index is 0.898. The molecule has 0 aliphatic rings. The van der Waals surface area contributed by atoms with Crippen LogP contribution in [-0.2, 0) is 0 Å². The summed E-state index contributed by atoms with van der Waals surface area (Å²) in [5.41, 5.74) is 1.91. The molecule has 0 nitrogen and oxygen atoms in total. The molecule has 0 aromatic carbocycles. The summed E-state index contributed by atoms with van der Waals surface area (Å²) >= 11 is 0. The van der Waals surface area contributed by atoms with Crippen molar-refractivity contribution in [3.05, 3.63) is 0 Å². The fourth-order valence-electron chi connectivity index (χ4n) is 2.55. The Hall–Kier alpha value is 0.430. The van der Waals surface area contributed by atoms with Gasteiger partial charge in [0.15, 0.2) is 0 Å². The zero-order valence-electron chi connectivity index (χ0n) is 9.07. The SMILES string of the molecule is CC[PH](CC)(C(C)C)C(C)C. The molecule has 0 aromatic rings. The third kappa shape index (κ3) is 2.18. The first-order valence-corrected chi connectivity index (χ1v) is 7.58. The molecule has 0 rings (SSSR count). The first-order chi connectivity index (χ1) is 5.01. The van der Waals surface area contributed by atoms with E-state index in [0.717, 1.165) is 11.3 Å². The van der Waals surface area contributed by atoms with Crippen LogP contribution in [0, 0.1) is 0 Å². The van der Waals surface area contributed by atoms with E-state index in [-0.39, 0.29) is 0 Å². The van der Waals surface area contributed by atoms with Gasteiger partial charge in [0.2, 0.25) is 0 Å². The van der Waals surface area contributed by atoms with Crippen molar-refractivity contribution >= 4 is 7.26 Å². The van der Waals surface area contributed by atoms with Crippen LogP contribution in [0.3, 0.4) is 0 Å². The van der Waals surface area contributed by atoms with Crippen molar-refractivity contribution in [3.63, 3.8) is 0 Å². The Balaban J connectivity index is 4.46. The third-order valence-corrected chi connectivity index (χ3v) is 10.8. The van der Waals surface area contributed by atoms with Crippen LogP contribution < -0.4 is 0 Å². The van der Waals surface area contributed by atoms with E-state index in [1.54, 1.807) is 0 Å². The van der Waals surface area contributed by atoms with Gasteiger partial charge in [-0.3, -0.25) is 0 Å². The quantitative estimate of drug-likeness (QED) is 0.574. The molecular weight excluding hydrogens is 151 g/mol. The van der Waals surface area contributed by atoms with Gasteiger partial charge in [-0.1, -0.05) is 0 Å². The van der Waals surface area contributed by atoms with Crippen LogP contribution >= 0.6 is 7.26 Å². The predicted octanol–water partition coefficient (Wildman–Crippen LogP) is 3.59. The van der Waals surface area contributed by atoms with E-state index in [9.17, 15) is 0 Å². The predicted molar refractivity (Wildman–Crippen MR) is 59.7 cm³/mol. The summed E-state index contributed by atoms with van der Waals surface area (Å²) in [6, 6.07) is 0. The molecule has 0 fully saturated rings. The van der Waals surface area contributed by atoms with Gasteiger partial charge < -0.3 is 0 Å². The number of hydrogen-bond acceptors (Lipinski definition) is 0. The fourth-order valence-corrected chi connectivity index (χ4v) is 7.65. The van der Waals surface area contributed by atoms with Crippen LogP contribution in [0.15, 0.2) is 0 Å². The average molecular weight is 176 g/mol. The Morgan fingerprint density at radius 3 is 1.09 bits per heavy atom. The van der Waals surface area contributed by atoms with Gasteiger partial charge in [-0.2, -0.15) is 0 Å².